The summed E-state index contributed by atoms with van der Waals surface area (Å²) in [4.78, 5) is 117. The fraction of sp³-hybridized carbons (Fsp3) is 0.526. The average molecular weight is 1810 g/mol. The van der Waals surface area contributed by atoms with Crippen LogP contribution in [0.2, 0.25) is 0 Å². The van der Waals surface area contributed by atoms with Crippen molar-refractivity contribution >= 4 is 71.3 Å². The third-order valence-electron chi connectivity index (χ3n) is 27.3. The Kier molecular flexibility index (Phi) is 25.2. The Labute approximate surface area is 756 Å². The van der Waals surface area contributed by atoms with Crippen LogP contribution in [0.15, 0.2) is 36.4 Å². The Morgan fingerprint density at radius 3 is 1.28 bits per heavy atom. The van der Waals surface area contributed by atoms with Gasteiger partial charge in [0, 0.05) is 127 Å². The number of aryl methyl sites for hydroxylation is 2. The van der Waals surface area contributed by atoms with Crippen LogP contribution in [0.1, 0.15) is 217 Å². The summed E-state index contributed by atoms with van der Waals surface area (Å²) in [5, 5.41) is 30.0. The van der Waals surface area contributed by atoms with E-state index in [1.807, 2.05) is 80.5 Å². The lowest BCUT2D eigenvalue weighted by Gasteiger charge is -2.62. The number of carbonyl (C=O) groups is 8. The molecule has 8 bridgehead atoms. The Bertz CT molecular complexity index is 5660. The second kappa shape index (κ2) is 35.9. The first-order chi connectivity index (χ1) is 62.1. The largest absolute Gasteiger partial charge is 0.493 e. The summed E-state index contributed by atoms with van der Waals surface area (Å²) in [5.74, 6) is 1.44. The van der Waals surface area contributed by atoms with Gasteiger partial charge >= 0.3 is 47.8 Å². The molecule has 6 aromatic rings. The van der Waals surface area contributed by atoms with Gasteiger partial charge in [0.25, 0.3) is 0 Å². The van der Waals surface area contributed by atoms with E-state index in [0.29, 0.717) is 166 Å². The topological polar surface area (TPSA) is 365 Å². The highest BCUT2D eigenvalue weighted by molar-refractivity contribution is 7.99. The quantitative estimate of drug-likeness (QED) is 0.0531. The Hall–Kier alpha value is -10.6. The van der Waals surface area contributed by atoms with Crippen molar-refractivity contribution < 1.29 is 119 Å². The second-order valence-corrected chi connectivity index (χ2v) is 37.1. The van der Waals surface area contributed by atoms with Crippen LogP contribution in [0.25, 0.3) is 0 Å². The molecule has 2 unspecified atom stereocenters. The van der Waals surface area contributed by atoms with Crippen molar-refractivity contribution in [2.24, 2.45) is 0 Å². The number of piperazine rings is 2. The van der Waals surface area contributed by atoms with E-state index in [2.05, 4.69) is 37.5 Å². The van der Waals surface area contributed by atoms with Gasteiger partial charge in [-0.25, -0.2) is 9.59 Å². The summed E-state index contributed by atoms with van der Waals surface area (Å²) in [6.07, 6.45) is 4.09. The molecular formula is C95H109N7O25S2. The van der Waals surface area contributed by atoms with Gasteiger partial charge in [-0.2, -0.15) is 5.26 Å². The van der Waals surface area contributed by atoms with Gasteiger partial charge in [0.15, 0.2) is 80.1 Å². The van der Waals surface area contributed by atoms with Crippen LogP contribution in [-0.4, -0.2) is 203 Å². The maximum absolute atomic E-state index is 15.1. The van der Waals surface area contributed by atoms with Crippen molar-refractivity contribution in [3.63, 3.8) is 0 Å². The van der Waals surface area contributed by atoms with Crippen molar-refractivity contribution in [1.29, 1.82) is 5.26 Å². The molecule has 20 rings (SSSR count). The zero-order valence-electron chi connectivity index (χ0n) is 75.3. The summed E-state index contributed by atoms with van der Waals surface area (Å²) in [5.41, 5.74) is 8.58. The van der Waals surface area contributed by atoms with E-state index in [-0.39, 0.29) is 99.0 Å². The average Bonchev–Trinajstić information content (AvgIpc) is 1.40. The molecule has 14 aliphatic rings. The molecule has 0 aromatic heterocycles. The lowest BCUT2D eigenvalue weighted by molar-refractivity contribution is -0.186. The third-order valence-corrected chi connectivity index (χ3v) is 30.3. The molecule has 0 aliphatic carbocycles. The highest BCUT2D eigenvalue weighted by atomic mass is 32.2. The first-order valence-corrected chi connectivity index (χ1v) is 46.3. The zero-order chi connectivity index (χ0) is 91.4. The maximum Gasteiger partial charge on any atom is 0.331 e. The highest BCUT2D eigenvalue weighted by Gasteiger charge is 2.65. The minimum absolute atomic E-state index is 0.0865. The molecule has 4 saturated heterocycles. The van der Waals surface area contributed by atoms with Gasteiger partial charge in [-0.1, -0.05) is 39.8 Å². The number of nitrogens with one attached hydrogen (secondary N) is 2. The van der Waals surface area contributed by atoms with Gasteiger partial charge < -0.3 is 80.9 Å². The molecule has 6 aromatic carbocycles. The SMILES string of the molecule is CCCC(=O)Oc1cc2c(cc1OC)[C@@]1(CS[C@@H]3c4c(OC(C)=O)c(C)c5c(c4[C@H](COC1=O)N1C3[C@H]3c4c(cc(C)c(OC)c4OC(=O)CCC)C[C@@H]([C@@H]1C#N)N3C)OCO5)NCC2.CCCC(=O)Oc1cc2c(cc1OC)[C@@]1(CS[C@@H]3c4c(OC(C)=O)c(C)c5c(c4[C@H](COC1=O)N1C3[C@H]3c4c(cc(C)c(OC)c4OC(=O)CCC)C[C@@H]([C@@H]1O)N3C)OCO5)NCC2. The van der Waals surface area contributed by atoms with Crippen LogP contribution in [0.4, 0.5) is 0 Å². The van der Waals surface area contributed by atoms with Gasteiger partial charge in [-0.15, -0.1) is 23.5 Å². The number of thioether (sulfide) groups is 2. The number of ether oxygens (including phenoxy) is 16. The van der Waals surface area contributed by atoms with Gasteiger partial charge in [-0.05, 0) is 162 Å². The number of benzene rings is 6. The van der Waals surface area contributed by atoms with Gasteiger partial charge in [0.2, 0.25) is 13.6 Å². The number of rotatable bonds is 18. The molecular weight excluding hydrogens is 1700 g/mol. The van der Waals surface area contributed by atoms with Crippen LogP contribution in [0.3, 0.4) is 0 Å². The molecule has 4 fully saturated rings. The molecule has 129 heavy (non-hydrogen) atoms. The molecule has 14 atom stereocenters. The third kappa shape index (κ3) is 14.9. The van der Waals surface area contributed by atoms with Crippen LogP contribution in [0, 0.1) is 39.0 Å². The Morgan fingerprint density at radius 1 is 0.481 bits per heavy atom. The first-order valence-electron chi connectivity index (χ1n) is 44.2. The number of fused-ring (bicyclic) bond motifs is 18. The zero-order valence-corrected chi connectivity index (χ0v) is 77.0. The second-order valence-electron chi connectivity index (χ2n) is 34.8. The number of aliphatic hydroxyl groups is 1. The van der Waals surface area contributed by atoms with E-state index < -0.39 is 118 Å². The summed E-state index contributed by atoms with van der Waals surface area (Å²) >= 11 is 2.93. The predicted molar refractivity (Wildman–Crippen MR) is 468 cm³/mol. The van der Waals surface area contributed by atoms with Crippen LogP contribution < -0.4 is 76.9 Å². The molecule has 14 aliphatic heterocycles. The fourth-order valence-electron chi connectivity index (χ4n) is 22.0. The summed E-state index contributed by atoms with van der Waals surface area (Å²) in [6, 6.07) is 8.36. The van der Waals surface area contributed by atoms with Gasteiger partial charge in [0.1, 0.15) is 37.0 Å². The van der Waals surface area contributed by atoms with Crippen molar-refractivity contribution in [2.75, 3.05) is 93.9 Å². The molecule has 0 amide bonds. The van der Waals surface area contributed by atoms with Crippen molar-refractivity contribution in [3.8, 4) is 86.6 Å². The Balaban J connectivity index is 0.000000181. The Morgan fingerprint density at radius 2 is 0.876 bits per heavy atom. The van der Waals surface area contributed by atoms with Crippen molar-refractivity contribution in [1.82, 2.24) is 30.2 Å². The minimum atomic E-state index is -1.43. The van der Waals surface area contributed by atoms with Crippen molar-refractivity contribution in [3.05, 3.63) is 125 Å². The number of aliphatic hydroxyl groups excluding tert-OH is 1. The molecule has 686 valence electrons. The monoisotopic (exact) mass is 1810 g/mol. The van der Waals surface area contributed by atoms with Crippen molar-refractivity contribution in [2.45, 2.75) is 228 Å². The number of hydrogen-bond donors (Lipinski definition) is 3. The smallest absolute Gasteiger partial charge is 0.331 e. The molecule has 0 saturated carbocycles. The van der Waals surface area contributed by atoms with E-state index in [1.54, 1.807) is 38.5 Å². The van der Waals surface area contributed by atoms with Gasteiger partial charge in [0.05, 0.1) is 75.2 Å². The molecule has 2 spiro atoms. The van der Waals surface area contributed by atoms with E-state index in [4.69, 9.17) is 75.8 Å². The lowest BCUT2D eigenvalue weighted by Crippen LogP contribution is -2.70. The lowest BCUT2D eigenvalue weighted by atomic mass is 9.71. The summed E-state index contributed by atoms with van der Waals surface area (Å²) in [7, 11) is 10.1. The summed E-state index contributed by atoms with van der Waals surface area (Å²) < 4.78 is 98.1. The highest BCUT2D eigenvalue weighted by Crippen LogP contribution is 2.68. The predicted octanol–water partition coefficient (Wildman–Crippen LogP) is 11.4. The number of methoxy groups -OCH3 is 4. The van der Waals surface area contributed by atoms with Crippen LogP contribution in [-0.2, 0) is 84.6 Å². The number of nitrogens with zero attached hydrogens (tertiary/aromatic N) is 5. The van der Waals surface area contributed by atoms with E-state index in [9.17, 15) is 39.1 Å². The van der Waals surface area contributed by atoms with Gasteiger partial charge in [-0.3, -0.25) is 59.0 Å². The standard InChI is InChI=1S/C48H54N4O12S.C47H55N3O13S/c1-9-11-34(54)63-33-17-26-13-14-50-48(28(26)18-32(33)57-7)21-65-46-38-37(44-43(60-22-61-44)24(4)42(38)62-25(5)53)31(20-59-47(48)56)52-30(19-49)29-16-27-15-23(3)41(58-8)45(64-35(55)12-10-2)36(27)39(40(46)52)51(29)6;1-9-11-32(52)62-31-17-25-13-14-48-47(27(25)18-30(31)56-7)20-64-44-36-35(42-41(59-21-60-42)23(4)40(36)61-24(5)51)29(19-58-46(47)55)50-38(44)37-34-26(16-28(45(50)54)49(37)6)15-22(3)39(57-8)43(34)63-33(53)12-10-2/h15,17-18,29-31,39-40,46,50H,9-14,16,20-22H2,1-8H3;15,17-18,28-29,37-38,44-45,48,54H,9-14,16,19-21H2,1-8H3/t29-,30-,31-,39+,40?,46+,48+;28-,29-,37+,38?,44+,45-,47+/m00/s1. The number of likely N-dealkylation sites (N-methyl/N-ethyl adjacent to an activating group) is 2. The molecule has 32 nitrogen and oxygen atoms in total. The number of esters is 8. The van der Waals surface area contributed by atoms with E-state index >= 15 is 9.59 Å². The summed E-state index contributed by atoms with van der Waals surface area (Å²) in [6.45, 7) is 18.0. The molecule has 3 N–H and O–H groups in total. The fourth-order valence-corrected chi connectivity index (χ4v) is 25.3. The maximum atomic E-state index is 15.1. The normalized spacial score (nSPS) is 26.3. The number of carbonyl (C=O) groups excluding carboxylic acids is 8. The van der Waals surface area contributed by atoms with E-state index in [0.717, 1.165) is 44.5 Å². The van der Waals surface area contributed by atoms with Crippen LogP contribution in [0.5, 0.6) is 80.5 Å². The minimum Gasteiger partial charge on any atom is -0.493 e. The van der Waals surface area contributed by atoms with E-state index in [1.165, 1.54) is 51.6 Å². The molecule has 34 heteroatoms. The number of nitriles is 1. The molecule has 14 heterocycles. The number of hydrogen-bond acceptors (Lipinski definition) is 34. The first kappa shape index (κ1) is 90.3. The van der Waals surface area contributed by atoms with Crippen LogP contribution >= 0.6 is 23.5 Å². The molecule has 0 radical (unpaired) electrons.